The fraction of sp³-hybridized carbons (Fsp3) is 0.625. The van der Waals surface area contributed by atoms with E-state index in [-0.39, 0.29) is 6.04 Å². The fourth-order valence-electron chi connectivity index (χ4n) is 3.92. The molecule has 4 nitrogen and oxygen atoms in total. The number of aliphatic carboxylic acids is 1. The molecule has 4 heteroatoms. The minimum atomic E-state index is -0.648. The summed E-state index contributed by atoms with van der Waals surface area (Å²) in [5.74, 6) is -0.0515. The number of carboxylic acid groups (broad SMARTS) is 1. The lowest BCUT2D eigenvalue weighted by Crippen LogP contribution is -2.43. The molecular weight excluding hydrogens is 252 g/mol. The van der Waals surface area contributed by atoms with Gasteiger partial charge in [-0.05, 0) is 43.2 Å². The van der Waals surface area contributed by atoms with Gasteiger partial charge in [-0.2, -0.15) is 0 Å². The van der Waals surface area contributed by atoms with Gasteiger partial charge in [0.25, 0.3) is 0 Å². The fourth-order valence-corrected chi connectivity index (χ4v) is 3.92. The zero-order valence-corrected chi connectivity index (χ0v) is 11.7. The van der Waals surface area contributed by atoms with Gasteiger partial charge in [0, 0.05) is 25.0 Å². The smallest absolute Gasteiger partial charge is 0.320 e. The summed E-state index contributed by atoms with van der Waals surface area (Å²) in [6, 6.07) is 4.22. The van der Waals surface area contributed by atoms with Gasteiger partial charge in [-0.3, -0.25) is 14.7 Å². The van der Waals surface area contributed by atoms with Crippen LogP contribution >= 0.6 is 0 Å². The lowest BCUT2D eigenvalue weighted by atomic mass is 9.84. The number of hydrogen-bond acceptors (Lipinski definition) is 3. The molecule has 3 atom stereocenters. The molecule has 0 spiro atoms. The van der Waals surface area contributed by atoms with Gasteiger partial charge in [0.05, 0.1) is 0 Å². The maximum Gasteiger partial charge on any atom is 0.320 e. The molecule has 1 aliphatic carbocycles. The van der Waals surface area contributed by atoms with E-state index < -0.39 is 5.97 Å². The van der Waals surface area contributed by atoms with Crippen molar-refractivity contribution in [1.82, 2.24) is 9.88 Å². The number of aromatic nitrogens is 1. The van der Waals surface area contributed by atoms with E-state index in [2.05, 4.69) is 16.0 Å². The molecule has 1 aromatic rings. The first kappa shape index (κ1) is 13.6. The van der Waals surface area contributed by atoms with E-state index in [0.29, 0.717) is 12.0 Å². The molecule has 0 bridgehead atoms. The molecule has 1 saturated heterocycles. The van der Waals surface area contributed by atoms with Crippen molar-refractivity contribution in [3.8, 4) is 0 Å². The lowest BCUT2D eigenvalue weighted by Gasteiger charge is -2.32. The van der Waals surface area contributed by atoms with E-state index in [1.54, 1.807) is 6.20 Å². The normalized spacial score (nSPS) is 30.1. The second-order valence-electron chi connectivity index (χ2n) is 6.05. The monoisotopic (exact) mass is 274 g/mol. The van der Waals surface area contributed by atoms with Gasteiger partial charge in [-0.1, -0.05) is 18.9 Å². The Morgan fingerprint density at radius 3 is 3.00 bits per heavy atom. The Kier molecular flexibility index (Phi) is 4.01. The highest BCUT2D eigenvalue weighted by molar-refractivity contribution is 5.74. The number of carboxylic acids is 1. The molecular formula is C16H22N2O2. The summed E-state index contributed by atoms with van der Waals surface area (Å²) in [7, 11) is 0. The third-order valence-corrected chi connectivity index (χ3v) is 4.89. The predicted molar refractivity (Wildman–Crippen MR) is 76.4 cm³/mol. The summed E-state index contributed by atoms with van der Waals surface area (Å²) in [6.07, 6.45) is 10.3. The second-order valence-corrected chi connectivity index (χ2v) is 6.05. The van der Waals surface area contributed by atoms with Crippen LogP contribution in [0.5, 0.6) is 0 Å². The van der Waals surface area contributed by atoms with Crippen LogP contribution in [0.4, 0.5) is 0 Å². The molecule has 0 amide bonds. The molecule has 108 valence electrons. The van der Waals surface area contributed by atoms with E-state index in [0.717, 1.165) is 19.4 Å². The highest BCUT2D eigenvalue weighted by atomic mass is 16.4. The van der Waals surface area contributed by atoms with Crippen LogP contribution in [-0.2, 0) is 11.2 Å². The number of hydrogen-bond donors (Lipinski definition) is 1. The molecule has 1 aromatic heterocycles. The van der Waals surface area contributed by atoms with Crippen LogP contribution in [0, 0.1) is 5.92 Å². The zero-order chi connectivity index (χ0) is 13.9. The molecule has 1 N–H and O–H groups in total. The molecule has 2 aliphatic rings. The van der Waals surface area contributed by atoms with Crippen molar-refractivity contribution in [2.45, 2.75) is 50.6 Å². The Bertz CT molecular complexity index is 463. The van der Waals surface area contributed by atoms with Crippen LogP contribution in [0.3, 0.4) is 0 Å². The Morgan fingerprint density at radius 2 is 2.25 bits per heavy atom. The number of pyridine rings is 1. The van der Waals surface area contributed by atoms with Crippen molar-refractivity contribution in [1.29, 1.82) is 0 Å². The van der Waals surface area contributed by atoms with Crippen LogP contribution < -0.4 is 0 Å². The summed E-state index contributed by atoms with van der Waals surface area (Å²) in [5, 5.41) is 9.47. The first-order valence-corrected chi connectivity index (χ1v) is 7.63. The topological polar surface area (TPSA) is 53.4 Å². The molecule has 2 fully saturated rings. The lowest BCUT2D eigenvalue weighted by molar-refractivity contribution is -0.142. The summed E-state index contributed by atoms with van der Waals surface area (Å²) in [4.78, 5) is 17.9. The van der Waals surface area contributed by atoms with E-state index >= 15 is 0 Å². The SMILES string of the molecule is O=C(O)[C@@H]1C[C@@H]2CCCC[C@H]2N1CCc1cccnc1. The van der Waals surface area contributed by atoms with Crippen LogP contribution in [0.15, 0.2) is 24.5 Å². The third kappa shape index (κ3) is 2.70. The molecule has 0 radical (unpaired) electrons. The maximum absolute atomic E-state index is 11.5. The third-order valence-electron chi connectivity index (χ3n) is 4.89. The minimum Gasteiger partial charge on any atom is -0.480 e. The van der Waals surface area contributed by atoms with Gasteiger partial charge < -0.3 is 5.11 Å². The van der Waals surface area contributed by atoms with E-state index in [9.17, 15) is 9.90 Å². The first-order valence-electron chi connectivity index (χ1n) is 7.63. The predicted octanol–water partition coefficient (Wildman–Crippen LogP) is 2.34. The number of carbonyl (C=O) groups is 1. The summed E-state index contributed by atoms with van der Waals surface area (Å²) >= 11 is 0. The van der Waals surface area contributed by atoms with Crippen molar-refractivity contribution in [2.75, 3.05) is 6.54 Å². The Hall–Kier alpha value is -1.42. The van der Waals surface area contributed by atoms with Crippen LogP contribution in [0.2, 0.25) is 0 Å². The van der Waals surface area contributed by atoms with E-state index in [4.69, 9.17) is 0 Å². The number of likely N-dealkylation sites (tertiary alicyclic amines) is 1. The van der Waals surface area contributed by atoms with Crippen LogP contribution in [0.25, 0.3) is 0 Å². The standard InChI is InChI=1S/C16H22N2O2/c19-16(20)15-10-13-5-1-2-6-14(13)18(15)9-7-12-4-3-8-17-11-12/h3-4,8,11,13-15H,1-2,5-7,9-10H2,(H,19,20)/t13-,14+,15-/m0/s1. The molecule has 1 saturated carbocycles. The molecule has 2 heterocycles. The maximum atomic E-state index is 11.5. The summed E-state index contributed by atoms with van der Waals surface area (Å²) < 4.78 is 0. The number of rotatable bonds is 4. The molecule has 1 aliphatic heterocycles. The number of nitrogens with zero attached hydrogens (tertiary/aromatic N) is 2. The van der Waals surface area contributed by atoms with Crippen LogP contribution in [0.1, 0.15) is 37.7 Å². The Morgan fingerprint density at radius 1 is 1.40 bits per heavy atom. The van der Waals surface area contributed by atoms with Gasteiger partial charge in [-0.15, -0.1) is 0 Å². The highest BCUT2D eigenvalue weighted by Crippen LogP contribution is 2.39. The van der Waals surface area contributed by atoms with Gasteiger partial charge in [-0.25, -0.2) is 0 Å². The number of fused-ring (bicyclic) bond motifs is 1. The molecule has 0 unspecified atom stereocenters. The van der Waals surface area contributed by atoms with Gasteiger partial charge in [0.2, 0.25) is 0 Å². The largest absolute Gasteiger partial charge is 0.480 e. The average molecular weight is 274 g/mol. The zero-order valence-electron chi connectivity index (χ0n) is 11.7. The van der Waals surface area contributed by atoms with Crippen LogP contribution in [-0.4, -0.2) is 39.6 Å². The van der Waals surface area contributed by atoms with E-state index in [1.165, 1.54) is 31.2 Å². The van der Waals surface area contributed by atoms with Crippen molar-refractivity contribution < 1.29 is 9.90 Å². The molecule has 20 heavy (non-hydrogen) atoms. The van der Waals surface area contributed by atoms with Crippen molar-refractivity contribution >= 4 is 5.97 Å². The highest BCUT2D eigenvalue weighted by Gasteiger charge is 2.44. The van der Waals surface area contributed by atoms with Crippen molar-refractivity contribution in [2.24, 2.45) is 5.92 Å². The van der Waals surface area contributed by atoms with Gasteiger partial charge in [0.1, 0.15) is 6.04 Å². The Labute approximate surface area is 119 Å². The summed E-state index contributed by atoms with van der Waals surface area (Å²) in [6.45, 7) is 0.837. The first-order chi connectivity index (χ1) is 9.75. The minimum absolute atomic E-state index is 0.278. The average Bonchev–Trinajstić information content (AvgIpc) is 2.85. The summed E-state index contributed by atoms with van der Waals surface area (Å²) in [5.41, 5.74) is 1.19. The molecule has 3 rings (SSSR count). The second kappa shape index (κ2) is 5.92. The van der Waals surface area contributed by atoms with Gasteiger partial charge >= 0.3 is 5.97 Å². The van der Waals surface area contributed by atoms with Crippen molar-refractivity contribution in [3.63, 3.8) is 0 Å². The van der Waals surface area contributed by atoms with Crippen molar-refractivity contribution in [3.05, 3.63) is 30.1 Å². The Balaban J connectivity index is 1.69. The molecule has 0 aromatic carbocycles. The quantitative estimate of drug-likeness (QED) is 0.915. The van der Waals surface area contributed by atoms with E-state index in [1.807, 2.05) is 12.3 Å². The van der Waals surface area contributed by atoms with Gasteiger partial charge in [0.15, 0.2) is 0 Å².